The van der Waals surface area contributed by atoms with Gasteiger partial charge in [0.05, 0.1) is 22.8 Å². The molecule has 0 saturated carbocycles. The number of aromatic nitrogens is 3. The van der Waals surface area contributed by atoms with Crippen molar-refractivity contribution in [3.8, 4) is 11.4 Å². The number of carbonyl (C=O) groups is 3. The predicted octanol–water partition coefficient (Wildman–Crippen LogP) is 3.48. The van der Waals surface area contributed by atoms with E-state index in [2.05, 4.69) is 28.5 Å². The third kappa shape index (κ3) is 5.03. The highest BCUT2D eigenvalue weighted by atomic mass is 32.2. The van der Waals surface area contributed by atoms with Gasteiger partial charge in [0.25, 0.3) is 5.91 Å². The first-order chi connectivity index (χ1) is 15.3. The van der Waals surface area contributed by atoms with Crippen LogP contribution in [0.5, 0.6) is 0 Å². The molecule has 3 aromatic rings. The maximum atomic E-state index is 12.6. The smallest absolute Gasteiger partial charge is 0.341 e. The average molecular weight is 494 g/mol. The third-order valence-corrected chi connectivity index (χ3v) is 7.85. The highest BCUT2D eigenvalue weighted by Crippen LogP contribution is 2.34. The largest absolute Gasteiger partial charge is 0.462 e. The molecule has 3 heterocycles. The molecule has 0 aliphatic heterocycles. The van der Waals surface area contributed by atoms with Crippen molar-refractivity contribution in [2.75, 3.05) is 17.7 Å². The fourth-order valence-corrected chi connectivity index (χ4v) is 5.54. The van der Waals surface area contributed by atoms with Gasteiger partial charge < -0.3 is 20.4 Å². The van der Waals surface area contributed by atoms with E-state index in [1.165, 1.54) is 16.6 Å². The van der Waals surface area contributed by atoms with Crippen LogP contribution in [0.4, 0.5) is 5.00 Å². The molecule has 0 radical (unpaired) electrons. The zero-order valence-electron chi connectivity index (χ0n) is 18.1. The summed E-state index contributed by atoms with van der Waals surface area (Å²) in [6.45, 7) is 5.54. The first-order valence-corrected chi connectivity index (χ1v) is 12.4. The maximum absolute atomic E-state index is 12.6. The number of amides is 2. The number of thiophene rings is 2. The Kier molecular flexibility index (Phi) is 7.69. The summed E-state index contributed by atoms with van der Waals surface area (Å²) in [7, 11) is 1.85. The van der Waals surface area contributed by atoms with Crippen molar-refractivity contribution in [3.63, 3.8) is 0 Å². The van der Waals surface area contributed by atoms with Gasteiger partial charge in [-0.25, -0.2) is 4.79 Å². The lowest BCUT2D eigenvalue weighted by molar-refractivity contribution is -0.113. The zero-order chi connectivity index (χ0) is 23.4. The van der Waals surface area contributed by atoms with Crippen molar-refractivity contribution in [2.24, 2.45) is 12.8 Å². The second kappa shape index (κ2) is 10.3. The molecule has 0 fully saturated rings. The molecule has 0 aliphatic carbocycles. The van der Waals surface area contributed by atoms with Crippen molar-refractivity contribution in [3.05, 3.63) is 32.3 Å². The van der Waals surface area contributed by atoms with Gasteiger partial charge in [-0.05, 0) is 31.9 Å². The lowest BCUT2D eigenvalue weighted by atomic mass is 10.1. The summed E-state index contributed by atoms with van der Waals surface area (Å²) in [6.07, 6.45) is 0.956. The molecule has 3 aromatic heterocycles. The summed E-state index contributed by atoms with van der Waals surface area (Å²) in [6, 6.07) is 2.09. The number of carbonyl (C=O) groups excluding carboxylic acids is 3. The second-order valence-corrected chi connectivity index (χ2v) is 9.66. The van der Waals surface area contributed by atoms with Crippen LogP contribution in [0, 0.1) is 6.92 Å². The number of primary amides is 1. The standard InChI is InChI=1S/C20H23N5O4S3/c1-5-12-7-11(8-30-12)17-23-24-20(25(17)4)31-9-13(26)22-18-14(19(28)29-6-2)10(3)15(32-18)16(21)27/h7-8H,5-6,9H2,1-4H3,(H2,21,27)(H,22,26). The highest BCUT2D eigenvalue weighted by molar-refractivity contribution is 7.99. The van der Waals surface area contributed by atoms with E-state index >= 15 is 0 Å². The van der Waals surface area contributed by atoms with Crippen molar-refractivity contribution >= 4 is 57.2 Å². The van der Waals surface area contributed by atoms with E-state index in [4.69, 9.17) is 10.5 Å². The van der Waals surface area contributed by atoms with Crippen LogP contribution in [-0.2, 0) is 23.0 Å². The number of ether oxygens (including phenoxy) is 1. The van der Waals surface area contributed by atoms with Crippen LogP contribution in [0.3, 0.4) is 0 Å². The van der Waals surface area contributed by atoms with Gasteiger partial charge in [0.2, 0.25) is 5.91 Å². The van der Waals surface area contributed by atoms with Crippen LogP contribution < -0.4 is 11.1 Å². The van der Waals surface area contributed by atoms with Gasteiger partial charge in [-0.2, -0.15) is 0 Å². The summed E-state index contributed by atoms with van der Waals surface area (Å²) < 4.78 is 6.90. The molecule has 9 nitrogen and oxygen atoms in total. The number of esters is 1. The summed E-state index contributed by atoms with van der Waals surface area (Å²) >= 11 is 3.85. The fraction of sp³-hybridized carbons (Fsp3) is 0.350. The Bertz CT molecular complexity index is 1160. The molecular formula is C20H23N5O4S3. The van der Waals surface area contributed by atoms with Gasteiger partial charge in [-0.1, -0.05) is 18.7 Å². The molecule has 3 N–H and O–H groups in total. The molecule has 0 spiro atoms. The number of nitrogens with one attached hydrogen (secondary N) is 1. The predicted molar refractivity (Wildman–Crippen MR) is 127 cm³/mol. The lowest BCUT2D eigenvalue weighted by Gasteiger charge is -2.07. The van der Waals surface area contributed by atoms with E-state index < -0.39 is 11.9 Å². The van der Waals surface area contributed by atoms with E-state index in [1.807, 2.05) is 17.0 Å². The number of thioether (sulfide) groups is 1. The van der Waals surface area contributed by atoms with E-state index in [0.29, 0.717) is 10.7 Å². The number of nitrogens with zero attached hydrogens (tertiary/aromatic N) is 3. The van der Waals surface area contributed by atoms with Crippen LogP contribution in [0.15, 0.2) is 16.6 Å². The quantitative estimate of drug-likeness (QED) is 0.345. The minimum atomic E-state index is -0.667. The topological polar surface area (TPSA) is 129 Å². The third-order valence-electron chi connectivity index (χ3n) is 4.53. The normalized spacial score (nSPS) is 10.9. The molecule has 3 rings (SSSR count). The van der Waals surface area contributed by atoms with E-state index in [1.54, 1.807) is 25.2 Å². The van der Waals surface area contributed by atoms with Crippen LogP contribution in [0.1, 0.15) is 44.3 Å². The Morgan fingerprint density at radius 2 is 2.03 bits per heavy atom. The molecule has 12 heteroatoms. The number of anilines is 1. The average Bonchev–Trinajstić information content (AvgIpc) is 3.44. The molecule has 0 aliphatic rings. The fourth-order valence-electron chi connectivity index (χ4n) is 2.95. The SMILES string of the molecule is CCOC(=O)c1c(NC(=O)CSc2nnc(-c3csc(CC)c3)n2C)sc(C(N)=O)c1C. The molecule has 0 unspecified atom stereocenters. The van der Waals surface area contributed by atoms with Gasteiger partial charge >= 0.3 is 5.97 Å². The van der Waals surface area contributed by atoms with Crippen LogP contribution in [0.2, 0.25) is 0 Å². The lowest BCUT2D eigenvalue weighted by Crippen LogP contribution is -2.17. The summed E-state index contributed by atoms with van der Waals surface area (Å²) in [4.78, 5) is 38.1. The van der Waals surface area contributed by atoms with Crippen LogP contribution >= 0.6 is 34.4 Å². The summed E-state index contributed by atoms with van der Waals surface area (Å²) in [5, 5.41) is 14.0. The van der Waals surface area contributed by atoms with E-state index in [-0.39, 0.29) is 33.7 Å². The molecule has 32 heavy (non-hydrogen) atoms. The van der Waals surface area contributed by atoms with Gasteiger partial charge in [-0.15, -0.1) is 32.9 Å². The Labute approximate surface area is 197 Å². The van der Waals surface area contributed by atoms with Gasteiger partial charge in [0.15, 0.2) is 11.0 Å². The van der Waals surface area contributed by atoms with Crippen molar-refractivity contribution in [1.82, 2.24) is 14.8 Å². The van der Waals surface area contributed by atoms with Crippen molar-refractivity contribution in [2.45, 2.75) is 32.3 Å². The Morgan fingerprint density at radius 3 is 2.66 bits per heavy atom. The van der Waals surface area contributed by atoms with E-state index in [0.717, 1.165) is 29.1 Å². The molecule has 0 aromatic carbocycles. The molecule has 0 bridgehead atoms. The van der Waals surface area contributed by atoms with Crippen molar-refractivity contribution in [1.29, 1.82) is 0 Å². The first-order valence-electron chi connectivity index (χ1n) is 9.76. The van der Waals surface area contributed by atoms with Crippen LogP contribution in [0.25, 0.3) is 11.4 Å². The first kappa shape index (κ1) is 24.0. The highest BCUT2D eigenvalue weighted by Gasteiger charge is 2.26. The number of hydrogen-bond donors (Lipinski definition) is 2. The van der Waals surface area contributed by atoms with Crippen molar-refractivity contribution < 1.29 is 19.1 Å². The second-order valence-electron chi connectivity index (χ2n) is 6.70. The van der Waals surface area contributed by atoms with Gasteiger partial charge in [0, 0.05) is 22.9 Å². The molecule has 170 valence electrons. The number of nitrogens with two attached hydrogens (primary N) is 1. The summed E-state index contributed by atoms with van der Waals surface area (Å²) in [5.74, 6) is -0.864. The number of aryl methyl sites for hydroxylation is 1. The number of hydrogen-bond acceptors (Lipinski definition) is 9. The summed E-state index contributed by atoms with van der Waals surface area (Å²) in [5.41, 5.74) is 6.93. The van der Waals surface area contributed by atoms with Gasteiger partial charge in [0.1, 0.15) is 5.00 Å². The maximum Gasteiger partial charge on any atom is 0.341 e. The monoisotopic (exact) mass is 493 g/mol. The molecule has 0 saturated heterocycles. The molecule has 0 atom stereocenters. The Morgan fingerprint density at radius 1 is 1.28 bits per heavy atom. The van der Waals surface area contributed by atoms with Gasteiger partial charge in [-0.3, -0.25) is 9.59 Å². The Hall–Kier alpha value is -2.70. The molecule has 2 amide bonds. The van der Waals surface area contributed by atoms with E-state index in [9.17, 15) is 14.4 Å². The molecular weight excluding hydrogens is 470 g/mol. The van der Waals surface area contributed by atoms with Crippen LogP contribution in [-0.4, -0.2) is 44.9 Å². The zero-order valence-corrected chi connectivity index (χ0v) is 20.5. The Balaban J connectivity index is 1.72. The number of rotatable bonds is 9. The minimum absolute atomic E-state index is 0.0426. The minimum Gasteiger partial charge on any atom is -0.462 e.